The number of nitrogens with one attached hydrogen (secondary N) is 1. The minimum absolute atomic E-state index is 0.290. The van der Waals surface area contributed by atoms with Crippen LogP contribution < -0.4 is 19.1 Å². The van der Waals surface area contributed by atoms with Crippen LogP contribution in [0.25, 0.3) is 0 Å². The van der Waals surface area contributed by atoms with Gasteiger partial charge in [-0.2, -0.15) is 0 Å². The molecule has 0 spiro atoms. The van der Waals surface area contributed by atoms with Crippen LogP contribution in [0.5, 0.6) is 11.5 Å². The number of amides is 1. The summed E-state index contributed by atoms with van der Waals surface area (Å²) in [6, 6.07) is 4.84. The molecule has 3 rings (SSSR count). The summed E-state index contributed by atoms with van der Waals surface area (Å²) in [5.74, 6) is 0.679. The lowest BCUT2D eigenvalue weighted by atomic mass is 10.2. The molecular formula is C19H28N2O6S. The second-order valence-electron chi connectivity index (χ2n) is 7.08. The van der Waals surface area contributed by atoms with E-state index in [0.717, 1.165) is 23.4 Å². The highest BCUT2D eigenvalue weighted by atomic mass is 32.2. The molecule has 0 atom stereocenters. The number of nitrogens with zero attached hydrogens (tertiary/aromatic N) is 1. The van der Waals surface area contributed by atoms with Gasteiger partial charge in [0, 0.05) is 19.2 Å². The number of hydrogen-bond donors (Lipinski definition) is 1. The molecule has 1 aromatic carbocycles. The van der Waals surface area contributed by atoms with Crippen molar-refractivity contribution >= 4 is 21.6 Å². The number of benzene rings is 1. The Morgan fingerprint density at radius 2 is 1.93 bits per heavy atom. The molecule has 9 heteroatoms. The number of rotatable bonds is 9. The highest BCUT2D eigenvalue weighted by Crippen LogP contribution is 2.34. The van der Waals surface area contributed by atoms with Gasteiger partial charge >= 0.3 is 0 Å². The molecule has 1 heterocycles. The third kappa shape index (κ3) is 5.75. The average Bonchev–Trinajstić information content (AvgIpc) is 3.18. The van der Waals surface area contributed by atoms with Crippen molar-refractivity contribution in [2.45, 2.75) is 38.2 Å². The fourth-order valence-corrected chi connectivity index (χ4v) is 4.23. The Morgan fingerprint density at radius 1 is 1.21 bits per heavy atom. The predicted molar refractivity (Wildman–Crippen MR) is 105 cm³/mol. The van der Waals surface area contributed by atoms with E-state index in [1.807, 2.05) is 0 Å². The zero-order valence-corrected chi connectivity index (χ0v) is 17.0. The van der Waals surface area contributed by atoms with Gasteiger partial charge in [0.1, 0.15) is 19.8 Å². The van der Waals surface area contributed by atoms with Gasteiger partial charge in [0.2, 0.25) is 15.9 Å². The van der Waals surface area contributed by atoms with Crippen molar-refractivity contribution in [3.63, 3.8) is 0 Å². The monoisotopic (exact) mass is 412 g/mol. The van der Waals surface area contributed by atoms with E-state index in [4.69, 9.17) is 14.2 Å². The Hall–Kier alpha value is -2.00. The molecule has 1 N–H and O–H groups in total. The van der Waals surface area contributed by atoms with Crippen molar-refractivity contribution in [3.8, 4) is 11.5 Å². The maximum absolute atomic E-state index is 12.3. The zero-order valence-electron chi connectivity index (χ0n) is 16.2. The van der Waals surface area contributed by atoms with Crippen LogP contribution in [0.1, 0.15) is 32.1 Å². The molecule has 1 fully saturated rings. The minimum Gasteiger partial charge on any atom is -0.486 e. The van der Waals surface area contributed by atoms with Crippen molar-refractivity contribution in [1.82, 2.24) is 5.32 Å². The Bertz CT molecular complexity index is 777. The summed E-state index contributed by atoms with van der Waals surface area (Å²) in [5, 5.41) is 2.76. The molecular weight excluding hydrogens is 384 g/mol. The van der Waals surface area contributed by atoms with Gasteiger partial charge in [-0.15, -0.1) is 0 Å². The van der Waals surface area contributed by atoms with E-state index in [1.165, 1.54) is 12.8 Å². The van der Waals surface area contributed by atoms with E-state index in [1.54, 1.807) is 18.2 Å². The van der Waals surface area contributed by atoms with E-state index in [-0.39, 0.29) is 12.5 Å². The normalized spacial score (nSPS) is 16.8. The second kappa shape index (κ2) is 9.47. The number of sulfonamides is 1. The van der Waals surface area contributed by atoms with Crippen molar-refractivity contribution in [1.29, 1.82) is 0 Å². The molecule has 156 valence electrons. The van der Waals surface area contributed by atoms with Crippen LogP contribution >= 0.6 is 0 Å². The summed E-state index contributed by atoms with van der Waals surface area (Å²) in [6.45, 7) is 1.61. The standard InChI is InChI=1S/C19H28N2O6S/c1-28(23,24)21(15-7-8-17-18(13-15)27-12-11-26-17)14-19(22)20-9-4-10-25-16-5-2-3-6-16/h7-8,13,16H,2-6,9-12,14H2,1H3,(H,20,22). The molecule has 1 saturated carbocycles. The van der Waals surface area contributed by atoms with Crippen LogP contribution in [0.15, 0.2) is 18.2 Å². The summed E-state index contributed by atoms with van der Waals surface area (Å²) < 4.78 is 42.2. The molecule has 1 aliphatic heterocycles. The second-order valence-corrected chi connectivity index (χ2v) is 8.99. The molecule has 0 saturated heterocycles. The fraction of sp³-hybridized carbons (Fsp3) is 0.632. The third-order valence-electron chi connectivity index (χ3n) is 4.80. The molecule has 0 unspecified atom stereocenters. The Labute approximate surface area is 166 Å². The SMILES string of the molecule is CS(=O)(=O)N(CC(=O)NCCCOC1CCCC1)c1ccc2c(c1)OCCO2. The molecule has 1 amide bonds. The third-order valence-corrected chi connectivity index (χ3v) is 5.94. The van der Waals surface area contributed by atoms with Gasteiger partial charge in [0.05, 0.1) is 18.0 Å². The van der Waals surface area contributed by atoms with Gasteiger partial charge in [-0.05, 0) is 31.4 Å². The summed E-state index contributed by atoms with van der Waals surface area (Å²) in [7, 11) is -3.63. The molecule has 1 aliphatic carbocycles. The van der Waals surface area contributed by atoms with Crippen LogP contribution in [-0.4, -0.2) is 59.6 Å². The number of carbonyl (C=O) groups excluding carboxylic acids is 1. The Morgan fingerprint density at radius 3 is 2.64 bits per heavy atom. The molecule has 0 bridgehead atoms. The largest absolute Gasteiger partial charge is 0.486 e. The van der Waals surface area contributed by atoms with Gasteiger partial charge in [0.15, 0.2) is 11.5 Å². The van der Waals surface area contributed by atoms with E-state index in [2.05, 4.69) is 5.32 Å². The number of hydrogen-bond acceptors (Lipinski definition) is 6. The first-order valence-electron chi connectivity index (χ1n) is 9.69. The molecule has 0 aromatic heterocycles. The van der Waals surface area contributed by atoms with E-state index >= 15 is 0 Å². The summed E-state index contributed by atoms with van der Waals surface area (Å²) in [6.07, 6.45) is 6.81. The Balaban J connectivity index is 1.51. The highest BCUT2D eigenvalue weighted by Gasteiger charge is 2.23. The van der Waals surface area contributed by atoms with Crippen LogP contribution in [0, 0.1) is 0 Å². The van der Waals surface area contributed by atoms with Gasteiger partial charge in [-0.25, -0.2) is 8.42 Å². The maximum atomic E-state index is 12.3. The molecule has 2 aliphatic rings. The van der Waals surface area contributed by atoms with E-state index < -0.39 is 10.0 Å². The number of anilines is 1. The summed E-state index contributed by atoms with van der Waals surface area (Å²) >= 11 is 0. The van der Waals surface area contributed by atoms with Crippen molar-refractivity contribution in [2.75, 3.05) is 43.5 Å². The smallest absolute Gasteiger partial charge is 0.240 e. The molecule has 1 aromatic rings. The first-order valence-corrected chi connectivity index (χ1v) is 11.5. The van der Waals surface area contributed by atoms with Gasteiger partial charge < -0.3 is 19.5 Å². The first-order chi connectivity index (χ1) is 13.4. The van der Waals surface area contributed by atoms with Crippen molar-refractivity contribution < 1.29 is 27.4 Å². The minimum atomic E-state index is -3.63. The Kier molecular flexibility index (Phi) is 7.01. The molecule has 8 nitrogen and oxygen atoms in total. The van der Waals surface area contributed by atoms with Crippen LogP contribution in [0.3, 0.4) is 0 Å². The molecule has 28 heavy (non-hydrogen) atoms. The quantitative estimate of drug-likeness (QED) is 0.621. The summed E-state index contributed by atoms with van der Waals surface area (Å²) in [5.41, 5.74) is 0.367. The predicted octanol–water partition coefficient (Wildman–Crippen LogP) is 1.69. The molecule has 0 radical (unpaired) electrons. The first kappa shape index (κ1) is 20.7. The number of ether oxygens (including phenoxy) is 3. The van der Waals surface area contributed by atoms with Gasteiger partial charge in [0.25, 0.3) is 0 Å². The number of fused-ring (bicyclic) bond motifs is 1. The van der Waals surface area contributed by atoms with E-state index in [9.17, 15) is 13.2 Å². The van der Waals surface area contributed by atoms with Crippen molar-refractivity contribution in [3.05, 3.63) is 18.2 Å². The van der Waals surface area contributed by atoms with Crippen LogP contribution in [0.4, 0.5) is 5.69 Å². The fourth-order valence-electron chi connectivity index (χ4n) is 3.38. The topological polar surface area (TPSA) is 94.2 Å². The average molecular weight is 413 g/mol. The lowest BCUT2D eigenvalue weighted by Crippen LogP contribution is -2.40. The number of carbonyl (C=O) groups is 1. The van der Waals surface area contributed by atoms with Gasteiger partial charge in [-0.1, -0.05) is 12.8 Å². The van der Waals surface area contributed by atoms with Crippen LogP contribution in [0.2, 0.25) is 0 Å². The highest BCUT2D eigenvalue weighted by molar-refractivity contribution is 7.92. The van der Waals surface area contributed by atoms with Gasteiger partial charge in [-0.3, -0.25) is 9.10 Å². The lowest BCUT2D eigenvalue weighted by molar-refractivity contribution is -0.119. The van der Waals surface area contributed by atoms with Crippen LogP contribution in [-0.2, 0) is 19.6 Å². The lowest BCUT2D eigenvalue weighted by Gasteiger charge is -2.24. The van der Waals surface area contributed by atoms with Crippen molar-refractivity contribution in [2.24, 2.45) is 0 Å². The van der Waals surface area contributed by atoms with E-state index in [0.29, 0.717) is 56.1 Å². The maximum Gasteiger partial charge on any atom is 0.240 e. The zero-order chi connectivity index (χ0) is 20.0. The summed E-state index contributed by atoms with van der Waals surface area (Å²) in [4.78, 5) is 12.3.